The van der Waals surface area contributed by atoms with Crippen LogP contribution in [0.3, 0.4) is 0 Å². The Morgan fingerprint density at radius 2 is 1.82 bits per heavy atom. The van der Waals surface area contributed by atoms with E-state index in [-0.39, 0.29) is 35.8 Å². The van der Waals surface area contributed by atoms with Crippen molar-refractivity contribution in [1.82, 2.24) is 4.31 Å². The van der Waals surface area contributed by atoms with Gasteiger partial charge >= 0.3 is 5.97 Å². The second-order valence-corrected chi connectivity index (χ2v) is 7.65. The molecule has 0 aliphatic heterocycles. The van der Waals surface area contributed by atoms with Crippen LogP contribution in [0.1, 0.15) is 12.0 Å². The highest BCUT2D eigenvalue weighted by molar-refractivity contribution is 7.89. The van der Waals surface area contributed by atoms with Crippen molar-refractivity contribution in [1.29, 1.82) is 0 Å². The van der Waals surface area contributed by atoms with Crippen LogP contribution in [0.15, 0.2) is 53.4 Å². The van der Waals surface area contributed by atoms with Crippen molar-refractivity contribution in [2.45, 2.75) is 17.9 Å². The molecule has 0 fully saturated rings. The van der Waals surface area contributed by atoms with Crippen LogP contribution in [0.4, 0.5) is 5.69 Å². The number of nitrogens with zero attached hydrogens (tertiary/aromatic N) is 2. The number of esters is 1. The molecule has 0 amide bonds. The van der Waals surface area contributed by atoms with Gasteiger partial charge in [-0.15, -0.1) is 0 Å². The number of sulfonamides is 1. The average Bonchev–Trinajstić information content (AvgIpc) is 2.70. The second-order valence-electron chi connectivity index (χ2n) is 5.74. The lowest BCUT2D eigenvalue weighted by atomic mass is 10.2. The van der Waals surface area contributed by atoms with Crippen LogP contribution in [0.25, 0.3) is 0 Å². The SMILES string of the molecule is COC(=O)CCN(Cc1ccccc1)S(=O)(=O)c1cc([N+](=O)[O-])ccc1OC. The first kappa shape index (κ1) is 21.3. The van der Waals surface area contributed by atoms with E-state index < -0.39 is 20.9 Å². The van der Waals surface area contributed by atoms with Crippen molar-refractivity contribution >= 4 is 21.7 Å². The molecule has 0 aromatic heterocycles. The largest absolute Gasteiger partial charge is 0.495 e. The summed E-state index contributed by atoms with van der Waals surface area (Å²) in [4.78, 5) is 21.6. The lowest BCUT2D eigenvalue weighted by Crippen LogP contribution is -2.33. The zero-order valence-corrected chi connectivity index (χ0v) is 16.2. The van der Waals surface area contributed by atoms with E-state index >= 15 is 0 Å². The molecule has 10 heteroatoms. The van der Waals surface area contributed by atoms with E-state index in [0.717, 1.165) is 16.4 Å². The molecule has 0 radical (unpaired) electrons. The zero-order valence-electron chi connectivity index (χ0n) is 15.4. The summed E-state index contributed by atoms with van der Waals surface area (Å²) in [6.45, 7) is -0.179. The molecular weight excluding hydrogens is 388 g/mol. The van der Waals surface area contributed by atoms with E-state index in [9.17, 15) is 23.3 Å². The summed E-state index contributed by atoms with van der Waals surface area (Å²) in [5.74, 6) is -0.596. The molecule has 0 saturated carbocycles. The Balaban J connectivity index is 2.48. The first-order valence-corrected chi connectivity index (χ1v) is 9.67. The molecule has 28 heavy (non-hydrogen) atoms. The van der Waals surface area contributed by atoms with Gasteiger partial charge in [0.05, 0.1) is 25.6 Å². The minimum absolute atomic E-state index is 0.0218. The van der Waals surface area contributed by atoms with E-state index in [0.29, 0.717) is 5.56 Å². The number of carbonyl (C=O) groups is 1. The van der Waals surface area contributed by atoms with Gasteiger partial charge in [-0.2, -0.15) is 4.31 Å². The lowest BCUT2D eigenvalue weighted by molar-refractivity contribution is -0.385. The first-order valence-electron chi connectivity index (χ1n) is 8.23. The molecule has 2 aromatic carbocycles. The number of hydrogen-bond acceptors (Lipinski definition) is 7. The maximum absolute atomic E-state index is 13.3. The van der Waals surface area contributed by atoms with Crippen molar-refractivity contribution in [2.75, 3.05) is 20.8 Å². The fourth-order valence-corrected chi connectivity index (χ4v) is 4.11. The summed E-state index contributed by atoms with van der Waals surface area (Å²) >= 11 is 0. The number of rotatable bonds is 9. The van der Waals surface area contributed by atoms with Crippen LogP contribution in [-0.4, -0.2) is 44.4 Å². The van der Waals surface area contributed by atoms with E-state index in [2.05, 4.69) is 4.74 Å². The molecule has 0 saturated heterocycles. The maximum Gasteiger partial charge on any atom is 0.306 e. The van der Waals surface area contributed by atoms with Gasteiger partial charge < -0.3 is 9.47 Å². The molecule has 2 rings (SSSR count). The van der Waals surface area contributed by atoms with Gasteiger partial charge in [0.25, 0.3) is 5.69 Å². The van der Waals surface area contributed by atoms with E-state index in [1.54, 1.807) is 30.3 Å². The quantitative estimate of drug-likeness (QED) is 0.355. The Labute approximate surface area is 162 Å². The molecule has 0 aliphatic rings. The van der Waals surface area contributed by atoms with Gasteiger partial charge in [-0.05, 0) is 11.6 Å². The second kappa shape index (κ2) is 9.29. The molecule has 0 bridgehead atoms. The molecule has 150 valence electrons. The van der Waals surface area contributed by atoms with E-state index in [4.69, 9.17) is 4.74 Å². The maximum atomic E-state index is 13.3. The number of nitro benzene ring substituents is 1. The number of benzene rings is 2. The highest BCUT2D eigenvalue weighted by atomic mass is 32.2. The molecule has 0 atom stereocenters. The number of ether oxygens (including phenoxy) is 2. The third kappa shape index (κ3) is 5.05. The number of hydrogen-bond donors (Lipinski definition) is 0. The minimum Gasteiger partial charge on any atom is -0.495 e. The molecule has 0 unspecified atom stereocenters. The van der Waals surface area contributed by atoms with E-state index in [1.807, 2.05) is 0 Å². The molecule has 9 nitrogen and oxygen atoms in total. The monoisotopic (exact) mass is 408 g/mol. The highest BCUT2D eigenvalue weighted by Crippen LogP contribution is 2.31. The van der Waals surface area contributed by atoms with Crippen molar-refractivity contribution in [2.24, 2.45) is 0 Å². The van der Waals surface area contributed by atoms with E-state index in [1.165, 1.54) is 20.3 Å². The van der Waals surface area contributed by atoms with Crippen LogP contribution in [0.5, 0.6) is 5.75 Å². The van der Waals surface area contributed by atoms with Crippen molar-refractivity contribution in [3.8, 4) is 5.75 Å². The van der Waals surface area contributed by atoms with Crippen molar-refractivity contribution in [3.05, 3.63) is 64.2 Å². The Hall–Kier alpha value is -2.98. The topological polar surface area (TPSA) is 116 Å². The predicted octanol–water partition coefficient (Wildman–Crippen LogP) is 2.36. The summed E-state index contributed by atoms with van der Waals surface area (Å²) in [6, 6.07) is 12.1. The van der Waals surface area contributed by atoms with Gasteiger partial charge in [0.15, 0.2) is 0 Å². The third-order valence-electron chi connectivity index (χ3n) is 3.97. The number of nitro groups is 1. The third-order valence-corrected chi connectivity index (χ3v) is 5.84. The summed E-state index contributed by atoms with van der Waals surface area (Å²) in [7, 11) is -1.72. The van der Waals surface area contributed by atoms with Gasteiger partial charge in [0, 0.05) is 25.2 Å². The van der Waals surface area contributed by atoms with Crippen LogP contribution in [0, 0.1) is 10.1 Å². The van der Waals surface area contributed by atoms with Crippen LogP contribution < -0.4 is 4.74 Å². The van der Waals surface area contributed by atoms with Crippen LogP contribution >= 0.6 is 0 Å². The smallest absolute Gasteiger partial charge is 0.306 e. The Bertz CT molecular complexity index is 946. The normalized spacial score (nSPS) is 11.2. The molecule has 0 spiro atoms. The average molecular weight is 408 g/mol. The summed E-state index contributed by atoms with van der Waals surface area (Å²) in [6.07, 6.45) is -0.167. The summed E-state index contributed by atoms with van der Waals surface area (Å²) in [5.41, 5.74) is 0.312. The summed E-state index contributed by atoms with van der Waals surface area (Å²) < 4.78 is 37.3. The fourth-order valence-electron chi connectivity index (χ4n) is 2.51. The highest BCUT2D eigenvalue weighted by Gasteiger charge is 2.30. The molecule has 2 aromatic rings. The lowest BCUT2D eigenvalue weighted by Gasteiger charge is -2.23. The fraction of sp³-hybridized carbons (Fsp3) is 0.278. The Morgan fingerprint density at radius 3 is 2.39 bits per heavy atom. The van der Waals surface area contributed by atoms with Crippen molar-refractivity contribution < 1.29 is 27.6 Å². The van der Waals surface area contributed by atoms with Crippen molar-refractivity contribution in [3.63, 3.8) is 0 Å². The van der Waals surface area contributed by atoms with Gasteiger partial charge in [-0.1, -0.05) is 30.3 Å². The molecule has 0 heterocycles. The summed E-state index contributed by atoms with van der Waals surface area (Å²) in [5, 5.41) is 11.1. The molecule has 0 aliphatic carbocycles. The van der Waals surface area contributed by atoms with Gasteiger partial charge in [-0.3, -0.25) is 14.9 Å². The van der Waals surface area contributed by atoms with Crippen LogP contribution in [0.2, 0.25) is 0 Å². The Kier molecular flexibility index (Phi) is 7.07. The standard InChI is InChI=1S/C18H20N2O7S/c1-26-16-9-8-15(20(22)23)12-17(16)28(24,25)19(11-10-18(21)27-2)13-14-6-4-3-5-7-14/h3-9,12H,10-11,13H2,1-2H3. The van der Waals surface area contributed by atoms with Gasteiger partial charge in [0.2, 0.25) is 10.0 Å². The predicted molar refractivity (Wildman–Crippen MR) is 100 cm³/mol. The molecular formula is C18H20N2O7S. The minimum atomic E-state index is -4.21. The number of carbonyl (C=O) groups excluding carboxylic acids is 1. The Morgan fingerprint density at radius 1 is 1.14 bits per heavy atom. The number of non-ortho nitro benzene ring substituents is 1. The van der Waals surface area contributed by atoms with Gasteiger partial charge in [-0.25, -0.2) is 8.42 Å². The number of methoxy groups -OCH3 is 2. The molecule has 0 N–H and O–H groups in total. The van der Waals surface area contributed by atoms with Crippen LogP contribution in [-0.2, 0) is 26.1 Å². The zero-order chi connectivity index (χ0) is 20.7. The van der Waals surface area contributed by atoms with Gasteiger partial charge in [0.1, 0.15) is 10.6 Å². The first-order chi connectivity index (χ1) is 13.3.